The molecular weight excluding hydrogens is 392 g/mol. The Kier molecular flexibility index (Phi) is 4.57. The van der Waals surface area contributed by atoms with Gasteiger partial charge < -0.3 is 4.42 Å². The summed E-state index contributed by atoms with van der Waals surface area (Å²) < 4.78 is 8.62. The lowest BCUT2D eigenvalue weighted by Crippen LogP contribution is -2.31. The molecule has 2 heterocycles. The fourth-order valence-electron chi connectivity index (χ4n) is 4.76. The summed E-state index contributed by atoms with van der Waals surface area (Å²) >= 11 is 0. The van der Waals surface area contributed by atoms with Gasteiger partial charge in [0.2, 0.25) is 5.69 Å². The monoisotopic (exact) mass is 419 g/mol. The van der Waals surface area contributed by atoms with E-state index in [4.69, 9.17) is 4.42 Å². The van der Waals surface area contributed by atoms with Gasteiger partial charge in [-0.25, -0.2) is 4.57 Å². The van der Waals surface area contributed by atoms with Crippen molar-refractivity contribution in [3.05, 3.63) is 77.5 Å². The zero-order valence-electron chi connectivity index (χ0n) is 19.3. The molecule has 2 aromatic heterocycles. The van der Waals surface area contributed by atoms with E-state index in [0.29, 0.717) is 0 Å². The highest BCUT2D eigenvalue weighted by atomic mass is 16.3. The molecule has 5 aromatic rings. The minimum absolute atomic E-state index is 0.385. The van der Waals surface area contributed by atoms with Crippen LogP contribution in [0.15, 0.2) is 65.2 Å². The Morgan fingerprint density at radius 1 is 0.969 bits per heavy atom. The first-order valence-corrected chi connectivity index (χ1v) is 11.0. The molecule has 3 aromatic carbocycles. The maximum atomic E-state index is 9.45. The van der Waals surface area contributed by atoms with E-state index in [1.54, 1.807) is 0 Å². The van der Waals surface area contributed by atoms with Crippen LogP contribution in [0.2, 0.25) is 0 Å². The predicted octanol–water partition coefficient (Wildman–Crippen LogP) is 6.94. The van der Waals surface area contributed by atoms with E-state index in [2.05, 4.69) is 80.2 Å². The first-order chi connectivity index (χ1) is 15.3. The second-order valence-electron chi connectivity index (χ2n) is 9.54. The van der Waals surface area contributed by atoms with Crippen LogP contribution in [-0.4, -0.2) is 0 Å². The zero-order valence-corrected chi connectivity index (χ0v) is 19.3. The van der Waals surface area contributed by atoms with E-state index >= 15 is 0 Å². The predicted molar refractivity (Wildman–Crippen MR) is 130 cm³/mol. The number of para-hydroxylation sites is 1. The van der Waals surface area contributed by atoms with Crippen molar-refractivity contribution in [3.63, 3.8) is 0 Å². The van der Waals surface area contributed by atoms with Crippen LogP contribution in [0, 0.1) is 30.6 Å². The van der Waals surface area contributed by atoms with Crippen LogP contribution >= 0.6 is 0 Å². The van der Waals surface area contributed by atoms with Crippen LogP contribution in [0.1, 0.15) is 30.5 Å². The van der Waals surface area contributed by atoms with Gasteiger partial charge in [0.25, 0.3) is 0 Å². The largest absolute Gasteiger partial charge is 0.455 e. The van der Waals surface area contributed by atoms with Gasteiger partial charge in [0, 0.05) is 16.8 Å². The Morgan fingerprint density at radius 3 is 2.53 bits per heavy atom. The van der Waals surface area contributed by atoms with Crippen LogP contribution in [0.25, 0.3) is 44.0 Å². The molecule has 0 saturated heterocycles. The Morgan fingerprint density at radius 2 is 1.75 bits per heavy atom. The minimum atomic E-state index is -0.385. The maximum absolute atomic E-state index is 9.45. The number of aromatic nitrogens is 1. The highest BCUT2D eigenvalue weighted by molar-refractivity contribution is 6.12. The van der Waals surface area contributed by atoms with Crippen LogP contribution in [-0.2, 0) is 13.5 Å². The van der Waals surface area contributed by atoms with Crippen LogP contribution in [0.4, 0.5) is 0 Å². The number of hydrogen-bond acceptors (Lipinski definition) is 2. The fraction of sp³-hybridized carbons (Fsp3) is 0.241. The van der Waals surface area contributed by atoms with E-state index in [0.717, 1.165) is 39.6 Å². The number of benzene rings is 3. The first kappa shape index (κ1) is 20.3. The molecule has 0 N–H and O–H groups in total. The van der Waals surface area contributed by atoms with E-state index in [1.807, 2.05) is 26.0 Å². The molecule has 0 atom stereocenters. The van der Waals surface area contributed by atoms with Crippen LogP contribution in [0.5, 0.6) is 0 Å². The third-order valence-electron chi connectivity index (χ3n) is 6.58. The van der Waals surface area contributed by atoms with Crippen molar-refractivity contribution in [1.29, 1.82) is 5.26 Å². The van der Waals surface area contributed by atoms with Gasteiger partial charge in [0.05, 0.1) is 22.4 Å². The Hall–Kier alpha value is -3.64. The lowest BCUT2D eigenvalue weighted by molar-refractivity contribution is -0.659. The Balaban J connectivity index is 1.82. The third kappa shape index (κ3) is 3.15. The Labute approximate surface area is 188 Å². The van der Waals surface area contributed by atoms with E-state index < -0.39 is 0 Å². The lowest BCUT2D eigenvalue weighted by Gasteiger charge is -2.16. The van der Waals surface area contributed by atoms with E-state index in [1.165, 1.54) is 27.5 Å². The molecule has 0 aliphatic carbocycles. The van der Waals surface area contributed by atoms with Gasteiger partial charge in [-0.1, -0.05) is 30.3 Å². The molecule has 0 fully saturated rings. The smallest absolute Gasteiger partial charge is 0.224 e. The highest BCUT2D eigenvalue weighted by Gasteiger charge is 2.25. The summed E-state index contributed by atoms with van der Waals surface area (Å²) in [5.74, 6) is 0. The molecule has 0 unspecified atom stereocenters. The van der Waals surface area contributed by atoms with E-state index in [9.17, 15) is 5.26 Å². The number of hydrogen-bond donors (Lipinski definition) is 0. The van der Waals surface area contributed by atoms with Crippen molar-refractivity contribution in [3.8, 4) is 17.3 Å². The molecule has 0 aliphatic rings. The van der Waals surface area contributed by atoms with Gasteiger partial charge in [-0.3, -0.25) is 0 Å². The number of furan rings is 1. The summed E-state index contributed by atoms with van der Waals surface area (Å²) in [6.07, 6.45) is 2.85. The second-order valence-corrected chi connectivity index (χ2v) is 9.54. The number of fused-ring (bicyclic) bond motifs is 4. The van der Waals surface area contributed by atoms with Crippen LogP contribution in [0.3, 0.4) is 0 Å². The molecule has 0 aliphatic heterocycles. The normalized spacial score (nSPS) is 12.0. The molecule has 0 bridgehead atoms. The molecule has 0 amide bonds. The summed E-state index contributed by atoms with van der Waals surface area (Å²) in [7, 11) is 2.09. The van der Waals surface area contributed by atoms with Gasteiger partial charge in [0.1, 0.15) is 18.2 Å². The van der Waals surface area contributed by atoms with Gasteiger partial charge in [-0.15, -0.1) is 0 Å². The number of nitriles is 1. The molecular formula is C29H27N2O+. The summed E-state index contributed by atoms with van der Waals surface area (Å²) in [4.78, 5) is 0. The third-order valence-corrected chi connectivity index (χ3v) is 6.58. The van der Waals surface area contributed by atoms with Gasteiger partial charge in [0.15, 0.2) is 6.20 Å². The SMILES string of the molecule is Cc1cc2c(oc3ccccc32)c(-c2c3ccc(CC(C)(C)C#N)cc3cc[n+]2C)c1C. The number of nitrogens with zero attached hydrogens (tertiary/aromatic N) is 2. The summed E-state index contributed by atoms with van der Waals surface area (Å²) in [6, 6.07) is 21.6. The lowest BCUT2D eigenvalue weighted by atomic mass is 9.86. The minimum Gasteiger partial charge on any atom is -0.455 e. The number of pyridine rings is 1. The zero-order chi connectivity index (χ0) is 22.6. The Bertz CT molecular complexity index is 1560. The van der Waals surface area contributed by atoms with E-state index in [-0.39, 0.29) is 5.41 Å². The quantitative estimate of drug-likeness (QED) is 0.297. The second kappa shape index (κ2) is 7.21. The summed E-state index contributed by atoms with van der Waals surface area (Å²) in [5, 5.41) is 14.1. The summed E-state index contributed by atoms with van der Waals surface area (Å²) in [6.45, 7) is 8.33. The molecule has 0 saturated carbocycles. The number of rotatable bonds is 3. The van der Waals surface area contributed by atoms with Gasteiger partial charge in [-0.05, 0) is 74.4 Å². The summed E-state index contributed by atoms with van der Waals surface area (Å²) in [5.41, 5.74) is 7.43. The van der Waals surface area contributed by atoms with Crippen molar-refractivity contribution < 1.29 is 8.98 Å². The van der Waals surface area contributed by atoms with Crippen molar-refractivity contribution >= 4 is 32.7 Å². The van der Waals surface area contributed by atoms with Gasteiger partial charge >= 0.3 is 0 Å². The van der Waals surface area contributed by atoms with Crippen molar-refractivity contribution in [2.24, 2.45) is 12.5 Å². The van der Waals surface area contributed by atoms with Crippen molar-refractivity contribution in [1.82, 2.24) is 0 Å². The molecule has 32 heavy (non-hydrogen) atoms. The van der Waals surface area contributed by atoms with Crippen molar-refractivity contribution in [2.45, 2.75) is 34.1 Å². The first-order valence-electron chi connectivity index (χ1n) is 11.0. The molecule has 158 valence electrons. The fourth-order valence-corrected chi connectivity index (χ4v) is 4.76. The molecule has 3 nitrogen and oxygen atoms in total. The number of aryl methyl sites for hydroxylation is 2. The highest BCUT2D eigenvalue weighted by Crippen LogP contribution is 2.40. The molecule has 0 radical (unpaired) electrons. The topological polar surface area (TPSA) is 40.8 Å². The van der Waals surface area contributed by atoms with Crippen LogP contribution < -0.4 is 4.57 Å². The molecule has 0 spiro atoms. The average molecular weight is 420 g/mol. The van der Waals surface area contributed by atoms with Gasteiger partial charge in [-0.2, -0.15) is 5.26 Å². The average Bonchev–Trinajstić information content (AvgIpc) is 3.13. The standard InChI is InChI=1S/C29H27N2O/c1-18-14-24-23-8-6-7-9-25(23)32-28(24)26(19(18)2)27-22-11-10-20(16-29(3,4)17-30)15-21(22)12-13-31(27)5/h6-15H,16H2,1-5H3/q+1. The van der Waals surface area contributed by atoms with Crippen molar-refractivity contribution in [2.75, 3.05) is 0 Å². The molecule has 3 heteroatoms. The molecule has 5 rings (SSSR count). The maximum Gasteiger partial charge on any atom is 0.224 e.